The van der Waals surface area contributed by atoms with Gasteiger partial charge in [0.05, 0.1) is 12.3 Å². The number of carbonyl (C=O) groups is 1. The lowest BCUT2D eigenvalue weighted by atomic mass is 10.2. The van der Waals surface area contributed by atoms with Crippen molar-refractivity contribution in [3.63, 3.8) is 0 Å². The predicted octanol–water partition coefficient (Wildman–Crippen LogP) is 3.21. The minimum Gasteiger partial charge on any atom is -0.474 e. The van der Waals surface area contributed by atoms with Crippen molar-refractivity contribution in [3.05, 3.63) is 71.0 Å². The van der Waals surface area contributed by atoms with Crippen molar-refractivity contribution in [3.8, 4) is 5.88 Å². The van der Waals surface area contributed by atoms with Crippen LogP contribution in [0.1, 0.15) is 35.2 Å². The van der Waals surface area contributed by atoms with Gasteiger partial charge >= 0.3 is 0 Å². The minimum atomic E-state index is -0.593. The fourth-order valence-electron chi connectivity index (χ4n) is 3.73. The van der Waals surface area contributed by atoms with Crippen LogP contribution in [0.2, 0.25) is 0 Å². The Morgan fingerprint density at radius 3 is 3.16 bits per heavy atom. The second-order valence-corrected chi connectivity index (χ2v) is 7.57. The molecule has 8 heteroatoms. The molecule has 1 saturated heterocycles. The number of hydrogen-bond acceptors (Lipinski definition) is 6. The summed E-state index contributed by atoms with van der Waals surface area (Å²) < 4.78 is 24.6. The van der Waals surface area contributed by atoms with Crippen LogP contribution in [0, 0.1) is 0 Å². The van der Waals surface area contributed by atoms with Crippen molar-refractivity contribution in [2.75, 3.05) is 19.8 Å². The van der Waals surface area contributed by atoms with Crippen LogP contribution < -0.4 is 10.5 Å². The summed E-state index contributed by atoms with van der Waals surface area (Å²) in [5.41, 5.74) is 8.21. The highest BCUT2D eigenvalue weighted by atomic mass is 19.1. The quantitative estimate of drug-likeness (QED) is 0.679. The Bertz CT molecular complexity index is 991. The number of carbonyl (C=O) groups excluding carboxylic acids is 1. The van der Waals surface area contributed by atoms with E-state index in [2.05, 4.69) is 9.98 Å². The fourth-order valence-corrected chi connectivity index (χ4v) is 3.73. The Hall–Kier alpha value is -3.26. The van der Waals surface area contributed by atoms with Gasteiger partial charge in [0.1, 0.15) is 12.2 Å². The Morgan fingerprint density at radius 1 is 1.45 bits per heavy atom. The van der Waals surface area contributed by atoms with Gasteiger partial charge in [0.2, 0.25) is 5.88 Å². The topological polar surface area (TPSA) is 90.0 Å². The Balaban J connectivity index is 1.43. The average Bonchev–Trinajstić information content (AvgIpc) is 3.34. The molecule has 3 aliphatic rings. The van der Waals surface area contributed by atoms with Gasteiger partial charge in [-0.05, 0) is 36.1 Å². The van der Waals surface area contributed by atoms with Gasteiger partial charge < -0.3 is 20.1 Å². The number of hydrogen-bond donors (Lipinski definition) is 1. The number of allylic oxidation sites excluding steroid dienone is 4. The Morgan fingerprint density at radius 2 is 2.35 bits per heavy atom. The van der Waals surface area contributed by atoms with Gasteiger partial charge in [-0.1, -0.05) is 18.2 Å². The van der Waals surface area contributed by atoms with Crippen molar-refractivity contribution >= 4 is 12.1 Å². The number of rotatable bonds is 7. The molecule has 31 heavy (non-hydrogen) atoms. The molecule has 1 aromatic rings. The first-order chi connectivity index (χ1) is 15.1. The molecule has 1 aliphatic carbocycles. The van der Waals surface area contributed by atoms with Crippen LogP contribution in [0.5, 0.6) is 5.88 Å². The fraction of sp³-hybridized carbons (Fsp3) is 0.348. The largest absolute Gasteiger partial charge is 0.474 e. The van der Waals surface area contributed by atoms with E-state index in [0.29, 0.717) is 43.3 Å². The third kappa shape index (κ3) is 5.08. The highest BCUT2D eigenvalue weighted by Crippen LogP contribution is 2.30. The van der Waals surface area contributed by atoms with Crippen LogP contribution in [0.25, 0.3) is 0 Å². The maximum atomic E-state index is 13.1. The predicted molar refractivity (Wildman–Crippen MR) is 115 cm³/mol. The Kier molecular flexibility index (Phi) is 6.57. The van der Waals surface area contributed by atoms with E-state index in [1.807, 2.05) is 30.4 Å². The molecule has 162 valence electrons. The second-order valence-electron chi connectivity index (χ2n) is 7.57. The van der Waals surface area contributed by atoms with E-state index in [9.17, 15) is 9.18 Å². The molecule has 3 heterocycles. The van der Waals surface area contributed by atoms with Gasteiger partial charge in [-0.3, -0.25) is 9.79 Å². The number of pyridine rings is 1. The first-order valence-corrected chi connectivity index (χ1v) is 10.3. The highest BCUT2D eigenvalue weighted by molar-refractivity contribution is 6.00. The van der Waals surface area contributed by atoms with Crippen molar-refractivity contribution in [2.24, 2.45) is 10.7 Å². The number of halogens is 1. The van der Waals surface area contributed by atoms with Crippen LogP contribution in [0.4, 0.5) is 4.39 Å². The zero-order valence-corrected chi connectivity index (χ0v) is 17.2. The molecule has 1 atom stereocenters. The molecule has 1 amide bonds. The van der Waals surface area contributed by atoms with E-state index in [1.165, 1.54) is 0 Å². The number of fused-ring (bicyclic) bond motifs is 1. The third-order valence-electron chi connectivity index (χ3n) is 5.33. The minimum absolute atomic E-state index is 0.0593. The normalized spacial score (nSPS) is 21.3. The number of aliphatic imine (C=N–C) groups is 1. The number of amides is 1. The molecule has 1 fully saturated rings. The smallest absolute Gasteiger partial charge is 0.260 e. The molecule has 2 aliphatic heterocycles. The summed E-state index contributed by atoms with van der Waals surface area (Å²) in [4.78, 5) is 23.2. The van der Waals surface area contributed by atoms with Crippen LogP contribution >= 0.6 is 0 Å². The Labute approximate surface area is 180 Å². The molecule has 7 nitrogen and oxygen atoms in total. The molecular formula is C23H25FN4O3. The second kappa shape index (κ2) is 9.70. The van der Waals surface area contributed by atoms with Crippen molar-refractivity contribution in [2.45, 2.75) is 31.9 Å². The van der Waals surface area contributed by atoms with E-state index in [1.54, 1.807) is 11.1 Å². The lowest BCUT2D eigenvalue weighted by Gasteiger charge is -2.16. The standard InChI is InChI=1S/C23H25FN4O3/c24-18(11-25)12-27-19-4-1-3-16(6-7-19)13-28-14-17-8-9-26-22(21(17)23(28)29)31-15-20-5-2-10-30-20/h1,3,6-9,11-12,20H,2,4-5,10,13-15,25H2. The first-order valence-electron chi connectivity index (χ1n) is 10.3. The van der Waals surface area contributed by atoms with Gasteiger partial charge in [0, 0.05) is 44.2 Å². The molecule has 0 aromatic carbocycles. The van der Waals surface area contributed by atoms with E-state index >= 15 is 0 Å². The molecule has 2 N–H and O–H groups in total. The van der Waals surface area contributed by atoms with Gasteiger partial charge in [-0.2, -0.15) is 0 Å². The van der Waals surface area contributed by atoms with Crippen LogP contribution in [0.15, 0.2) is 64.9 Å². The maximum Gasteiger partial charge on any atom is 0.260 e. The monoisotopic (exact) mass is 424 g/mol. The van der Waals surface area contributed by atoms with E-state index in [0.717, 1.165) is 43.0 Å². The average molecular weight is 424 g/mol. The molecule has 0 saturated carbocycles. The number of nitrogens with zero attached hydrogens (tertiary/aromatic N) is 3. The van der Waals surface area contributed by atoms with Gasteiger partial charge in [0.15, 0.2) is 5.83 Å². The summed E-state index contributed by atoms with van der Waals surface area (Å²) in [7, 11) is 0. The zero-order valence-electron chi connectivity index (χ0n) is 17.2. The SMILES string of the molecule is NC=C(F)C=NC1=CC=C(CN2Cc3ccnc(OCC4CCCO4)c3C2=O)C=CC1. The molecule has 0 spiro atoms. The lowest BCUT2D eigenvalue weighted by Crippen LogP contribution is -2.26. The summed E-state index contributed by atoms with van der Waals surface area (Å²) >= 11 is 0. The summed E-state index contributed by atoms with van der Waals surface area (Å²) in [5, 5.41) is 0. The highest BCUT2D eigenvalue weighted by Gasteiger charge is 2.32. The number of nitrogens with two attached hydrogens (primary N) is 1. The van der Waals surface area contributed by atoms with Gasteiger partial charge in [-0.15, -0.1) is 0 Å². The van der Waals surface area contributed by atoms with Crippen molar-refractivity contribution < 1.29 is 18.7 Å². The summed E-state index contributed by atoms with van der Waals surface area (Å²) in [5.74, 6) is -0.316. The molecule has 0 bridgehead atoms. The van der Waals surface area contributed by atoms with Crippen molar-refractivity contribution in [1.82, 2.24) is 9.88 Å². The number of aromatic nitrogens is 1. The lowest BCUT2D eigenvalue weighted by molar-refractivity contribution is 0.0646. The summed E-state index contributed by atoms with van der Waals surface area (Å²) in [6.45, 7) is 2.10. The van der Waals surface area contributed by atoms with Crippen LogP contribution in [0.3, 0.4) is 0 Å². The molecule has 4 rings (SSSR count). The zero-order chi connectivity index (χ0) is 21.6. The van der Waals surface area contributed by atoms with E-state index < -0.39 is 5.83 Å². The third-order valence-corrected chi connectivity index (χ3v) is 5.33. The van der Waals surface area contributed by atoms with Gasteiger partial charge in [0.25, 0.3) is 5.91 Å². The van der Waals surface area contributed by atoms with E-state index in [4.69, 9.17) is 15.2 Å². The first kappa shape index (κ1) is 21.0. The number of ether oxygens (including phenoxy) is 2. The molecule has 1 aromatic heterocycles. The molecular weight excluding hydrogens is 399 g/mol. The van der Waals surface area contributed by atoms with Gasteiger partial charge in [-0.25, -0.2) is 9.37 Å². The summed E-state index contributed by atoms with van der Waals surface area (Å²) in [6.07, 6.45) is 13.9. The molecule has 1 unspecified atom stereocenters. The molecule has 0 radical (unpaired) electrons. The van der Waals surface area contributed by atoms with E-state index in [-0.39, 0.29) is 12.0 Å². The van der Waals surface area contributed by atoms with Crippen LogP contribution in [-0.4, -0.2) is 47.9 Å². The summed E-state index contributed by atoms with van der Waals surface area (Å²) in [6, 6.07) is 1.86. The van der Waals surface area contributed by atoms with Crippen molar-refractivity contribution in [1.29, 1.82) is 0 Å². The van der Waals surface area contributed by atoms with Crippen LogP contribution in [-0.2, 0) is 11.3 Å². The maximum absolute atomic E-state index is 13.1.